The summed E-state index contributed by atoms with van der Waals surface area (Å²) in [5.41, 5.74) is 6.35. The quantitative estimate of drug-likeness (QED) is 0.152. The second kappa shape index (κ2) is 7.92. The van der Waals surface area contributed by atoms with Crippen LogP contribution in [0.15, 0.2) is 103 Å². The second-order valence-electron chi connectivity index (χ2n) is 11.6. The zero-order valence-electron chi connectivity index (χ0n) is 22.6. The summed E-state index contributed by atoms with van der Waals surface area (Å²) in [7, 11) is -5.79. The highest BCUT2D eigenvalue weighted by Crippen LogP contribution is 2.66. The molecule has 0 aromatic heterocycles. The number of rotatable bonds is 2. The SMILES string of the molecule is CC1(C)c2cc(OS(=O)(=O)C(F)(F)F)ccc2-c2c1ccc1c2-c2ccccc2C12c1ccccc1-c1ccccc12. The smallest absolute Gasteiger partial charge is 0.376 e. The van der Waals surface area contributed by atoms with Crippen LogP contribution in [0.3, 0.4) is 0 Å². The molecule has 3 aliphatic rings. The molecular formula is C35H23F3O3S. The third-order valence-electron chi connectivity index (χ3n) is 9.26. The average Bonchev–Trinajstić information content (AvgIpc) is 3.52. The Morgan fingerprint density at radius 2 is 1.05 bits per heavy atom. The van der Waals surface area contributed by atoms with Crippen LogP contribution in [0.4, 0.5) is 13.2 Å². The van der Waals surface area contributed by atoms with Crippen LogP contribution in [0.25, 0.3) is 33.4 Å². The van der Waals surface area contributed by atoms with Crippen LogP contribution in [0.5, 0.6) is 5.75 Å². The Morgan fingerprint density at radius 3 is 1.64 bits per heavy atom. The zero-order chi connectivity index (χ0) is 29.2. The predicted molar refractivity (Wildman–Crippen MR) is 156 cm³/mol. The van der Waals surface area contributed by atoms with Crippen molar-refractivity contribution in [3.8, 4) is 39.1 Å². The van der Waals surface area contributed by atoms with Gasteiger partial charge in [0.2, 0.25) is 0 Å². The standard InChI is InChI=1S/C35H23F3O3S/c1-33(2)28-17-18-29-32(31(28)24-16-15-20(19-30(24)33)41-42(39,40)35(36,37)38)23-11-5-8-14-27(23)34(29)25-12-6-3-9-21(25)22-10-4-7-13-26(22)34/h3-19H,1-2H3. The first-order valence-corrected chi connectivity index (χ1v) is 15.0. The van der Waals surface area contributed by atoms with E-state index in [0.29, 0.717) is 5.56 Å². The van der Waals surface area contributed by atoms with E-state index in [1.807, 2.05) is 19.9 Å². The lowest BCUT2D eigenvalue weighted by Gasteiger charge is -2.31. The molecule has 0 amide bonds. The highest BCUT2D eigenvalue weighted by Gasteiger charge is 2.54. The van der Waals surface area contributed by atoms with Crippen molar-refractivity contribution in [1.29, 1.82) is 0 Å². The Balaban J connectivity index is 1.43. The van der Waals surface area contributed by atoms with Gasteiger partial charge in [0.15, 0.2) is 0 Å². The first-order valence-electron chi connectivity index (χ1n) is 13.6. The van der Waals surface area contributed by atoms with Crippen LogP contribution in [0, 0.1) is 0 Å². The van der Waals surface area contributed by atoms with Gasteiger partial charge in [0.1, 0.15) is 5.75 Å². The van der Waals surface area contributed by atoms with Crippen molar-refractivity contribution in [3.63, 3.8) is 0 Å². The fourth-order valence-corrected chi connectivity index (χ4v) is 8.06. The lowest BCUT2D eigenvalue weighted by Crippen LogP contribution is -2.28. The first kappa shape index (κ1) is 25.4. The van der Waals surface area contributed by atoms with Gasteiger partial charge in [-0.3, -0.25) is 0 Å². The van der Waals surface area contributed by atoms with Crippen LogP contribution in [0.1, 0.15) is 47.2 Å². The van der Waals surface area contributed by atoms with Gasteiger partial charge in [-0.05, 0) is 78.9 Å². The highest BCUT2D eigenvalue weighted by molar-refractivity contribution is 7.88. The molecule has 0 saturated heterocycles. The lowest BCUT2D eigenvalue weighted by molar-refractivity contribution is -0.0500. The van der Waals surface area contributed by atoms with Crippen molar-refractivity contribution in [2.45, 2.75) is 30.2 Å². The third-order valence-corrected chi connectivity index (χ3v) is 10.2. The molecule has 42 heavy (non-hydrogen) atoms. The Kier molecular flexibility index (Phi) is 4.78. The zero-order valence-corrected chi connectivity index (χ0v) is 23.4. The minimum absolute atomic E-state index is 0.362. The largest absolute Gasteiger partial charge is 0.534 e. The van der Waals surface area contributed by atoms with Gasteiger partial charge in [0.05, 0.1) is 5.41 Å². The van der Waals surface area contributed by atoms with E-state index >= 15 is 0 Å². The summed E-state index contributed by atoms with van der Waals surface area (Å²) in [5, 5.41) is 0. The van der Waals surface area contributed by atoms with Crippen LogP contribution in [-0.2, 0) is 20.9 Å². The van der Waals surface area contributed by atoms with E-state index in [1.165, 1.54) is 39.9 Å². The third kappa shape index (κ3) is 2.94. The molecule has 0 fully saturated rings. The fourth-order valence-electron chi connectivity index (χ4n) is 7.61. The Morgan fingerprint density at radius 1 is 0.571 bits per heavy atom. The first-order chi connectivity index (χ1) is 20.0. The summed E-state index contributed by atoms with van der Waals surface area (Å²) in [6.45, 7) is 4.01. The average molecular weight is 581 g/mol. The monoisotopic (exact) mass is 580 g/mol. The molecule has 0 atom stereocenters. The van der Waals surface area contributed by atoms with Gasteiger partial charge in [0, 0.05) is 5.41 Å². The van der Waals surface area contributed by atoms with Gasteiger partial charge in [0.25, 0.3) is 0 Å². The molecule has 8 rings (SSSR count). The topological polar surface area (TPSA) is 43.4 Å². The van der Waals surface area contributed by atoms with Crippen molar-refractivity contribution in [2.75, 3.05) is 0 Å². The van der Waals surface area contributed by atoms with Crippen LogP contribution < -0.4 is 4.18 Å². The Hall–Kier alpha value is -4.36. The molecule has 7 heteroatoms. The maximum Gasteiger partial charge on any atom is 0.534 e. The van der Waals surface area contributed by atoms with Crippen LogP contribution in [0.2, 0.25) is 0 Å². The van der Waals surface area contributed by atoms with E-state index in [0.717, 1.165) is 33.4 Å². The molecule has 0 radical (unpaired) electrons. The maximum absolute atomic E-state index is 13.1. The molecule has 208 valence electrons. The van der Waals surface area contributed by atoms with Crippen molar-refractivity contribution in [2.24, 2.45) is 0 Å². The molecule has 0 unspecified atom stereocenters. The molecule has 0 saturated carbocycles. The summed E-state index contributed by atoms with van der Waals surface area (Å²) < 4.78 is 67.4. The molecule has 3 nitrogen and oxygen atoms in total. The molecule has 0 aliphatic heterocycles. The Bertz CT molecular complexity index is 2060. The summed E-state index contributed by atoms with van der Waals surface area (Å²) in [6.07, 6.45) is 0. The minimum Gasteiger partial charge on any atom is -0.376 e. The van der Waals surface area contributed by atoms with E-state index < -0.39 is 26.5 Å². The maximum atomic E-state index is 13.1. The number of halogens is 3. The van der Waals surface area contributed by atoms with Crippen molar-refractivity contribution < 1.29 is 25.8 Å². The number of fused-ring (bicyclic) bond motifs is 14. The molecular weight excluding hydrogens is 557 g/mol. The van der Waals surface area contributed by atoms with Gasteiger partial charge in [-0.15, -0.1) is 0 Å². The number of benzene rings is 5. The van der Waals surface area contributed by atoms with E-state index in [9.17, 15) is 21.6 Å². The van der Waals surface area contributed by atoms with Gasteiger partial charge < -0.3 is 4.18 Å². The van der Waals surface area contributed by atoms with Gasteiger partial charge in [-0.2, -0.15) is 21.6 Å². The predicted octanol–water partition coefficient (Wildman–Crippen LogP) is 8.56. The molecule has 0 heterocycles. The summed E-state index contributed by atoms with van der Waals surface area (Å²) in [4.78, 5) is 0. The summed E-state index contributed by atoms with van der Waals surface area (Å²) in [6, 6.07) is 34.2. The van der Waals surface area contributed by atoms with Crippen molar-refractivity contribution >= 4 is 10.1 Å². The van der Waals surface area contributed by atoms with Gasteiger partial charge in [-0.1, -0.05) is 105 Å². The minimum atomic E-state index is -5.79. The van der Waals surface area contributed by atoms with Crippen molar-refractivity contribution in [1.82, 2.24) is 0 Å². The number of hydrogen-bond acceptors (Lipinski definition) is 3. The van der Waals surface area contributed by atoms with Gasteiger partial charge >= 0.3 is 15.6 Å². The molecule has 5 aromatic carbocycles. The Labute approximate surface area is 241 Å². The molecule has 0 N–H and O–H groups in total. The van der Waals surface area contributed by atoms with Crippen LogP contribution in [-0.4, -0.2) is 13.9 Å². The van der Waals surface area contributed by atoms with E-state index in [1.54, 1.807) is 6.07 Å². The second-order valence-corrected chi connectivity index (χ2v) is 13.2. The van der Waals surface area contributed by atoms with E-state index in [2.05, 4.69) is 83.0 Å². The molecule has 5 aromatic rings. The molecule has 3 aliphatic carbocycles. The molecule has 1 spiro atoms. The van der Waals surface area contributed by atoms with Gasteiger partial charge in [-0.25, -0.2) is 0 Å². The van der Waals surface area contributed by atoms with E-state index in [-0.39, 0.29) is 5.75 Å². The summed E-state index contributed by atoms with van der Waals surface area (Å²) in [5.74, 6) is -0.362. The number of alkyl halides is 3. The number of hydrogen-bond donors (Lipinski definition) is 0. The van der Waals surface area contributed by atoms with Crippen molar-refractivity contribution in [3.05, 3.63) is 137 Å². The lowest BCUT2D eigenvalue weighted by atomic mass is 9.70. The highest BCUT2D eigenvalue weighted by atomic mass is 32.2. The fraction of sp³-hybridized carbons (Fsp3) is 0.143. The van der Waals surface area contributed by atoms with E-state index in [4.69, 9.17) is 0 Å². The summed E-state index contributed by atoms with van der Waals surface area (Å²) >= 11 is 0. The normalized spacial score (nSPS) is 16.3. The van der Waals surface area contributed by atoms with Crippen LogP contribution >= 0.6 is 0 Å². The molecule has 0 bridgehead atoms.